The number of benzene rings is 1. The molecule has 2 heterocycles. The Labute approximate surface area is 157 Å². The maximum absolute atomic E-state index is 12.4. The zero-order valence-corrected chi connectivity index (χ0v) is 15.4. The van der Waals surface area contributed by atoms with Crippen molar-refractivity contribution in [2.24, 2.45) is 5.92 Å². The van der Waals surface area contributed by atoms with E-state index in [1.807, 2.05) is 0 Å². The number of hydrogen-bond donors (Lipinski definition) is 1. The average molecular weight is 386 g/mol. The number of amides is 2. The summed E-state index contributed by atoms with van der Waals surface area (Å²) in [5.41, 5.74) is 0.510. The predicted octanol–water partition coefficient (Wildman–Crippen LogP) is 2.11. The van der Waals surface area contributed by atoms with Gasteiger partial charge in [-0.1, -0.05) is 23.2 Å². The molecular weight excluding hydrogens is 365 g/mol. The number of nitrogens with one attached hydrogen (secondary N) is 1. The van der Waals surface area contributed by atoms with Crippen molar-refractivity contribution in [2.75, 3.05) is 51.3 Å². The van der Waals surface area contributed by atoms with Crippen molar-refractivity contribution in [1.82, 2.24) is 9.80 Å². The molecule has 8 heteroatoms. The van der Waals surface area contributed by atoms with E-state index in [4.69, 9.17) is 27.9 Å². The summed E-state index contributed by atoms with van der Waals surface area (Å²) in [7, 11) is 0. The lowest BCUT2D eigenvalue weighted by molar-refractivity contribution is -0.128. The molecule has 1 aromatic carbocycles. The number of carbonyl (C=O) groups excluding carboxylic acids is 2. The predicted molar refractivity (Wildman–Crippen MR) is 97.0 cm³/mol. The van der Waals surface area contributed by atoms with Crippen LogP contribution >= 0.6 is 23.2 Å². The van der Waals surface area contributed by atoms with Gasteiger partial charge in [0.1, 0.15) is 0 Å². The van der Waals surface area contributed by atoms with Crippen LogP contribution in [-0.2, 0) is 14.3 Å². The Bertz CT molecular complexity index is 650. The van der Waals surface area contributed by atoms with Crippen molar-refractivity contribution in [3.63, 3.8) is 0 Å². The van der Waals surface area contributed by atoms with E-state index in [9.17, 15) is 9.59 Å². The van der Waals surface area contributed by atoms with Gasteiger partial charge in [0.05, 0.1) is 29.8 Å². The molecule has 6 nitrogen and oxygen atoms in total. The molecule has 1 N–H and O–H groups in total. The Morgan fingerprint density at radius 2 is 2.00 bits per heavy atom. The number of carbonyl (C=O) groups is 2. The standard InChI is InChI=1S/C17H21Cl2N3O3/c18-13-1-2-15(14(19)10-13)20-17(24)12-9-16(23)22(11-12)4-3-21-5-7-25-8-6-21/h1-2,10,12H,3-9,11H2,(H,20,24). The summed E-state index contributed by atoms with van der Waals surface area (Å²) in [6.07, 6.45) is 0.236. The first-order chi connectivity index (χ1) is 12.0. The molecule has 0 saturated carbocycles. The summed E-state index contributed by atoms with van der Waals surface area (Å²) in [5.74, 6) is -0.522. The van der Waals surface area contributed by atoms with Crippen molar-refractivity contribution >= 4 is 40.7 Å². The number of hydrogen-bond acceptors (Lipinski definition) is 4. The zero-order chi connectivity index (χ0) is 17.8. The van der Waals surface area contributed by atoms with Gasteiger partial charge in [0.2, 0.25) is 11.8 Å². The van der Waals surface area contributed by atoms with Gasteiger partial charge >= 0.3 is 0 Å². The fourth-order valence-corrected chi connectivity index (χ4v) is 3.53. The smallest absolute Gasteiger partial charge is 0.229 e. The highest BCUT2D eigenvalue weighted by Gasteiger charge is 2.34. The lowest BCUT2D eigenvalue weighted by Gasteiger charge is -2.28. The fraction of sp³-hybridized carbons (Fsp3) is 0.529. The minimum absolute atomic E-state index is 0.0237. The van der Waals surface area contributed by atoms with E-state index in [0.29, 0.717) is 28.8 Å². The van der Waals surface area contributed by atoms with Gasteiger partial charge in [-0.05, 0) is 18.2 Å². The number of halogens is 2. The van der Waals surface area contributed by atoms with Crippen molar-refractivity contribution in [3.05, 3.63) is 28.2 Å². The number of ether oxygens (including phenoxy) is 1. The molecule has 2 aliphatic heterocycles. The minimum atomic E-state index is -0.357. The fourth-order valence-electron chi connectivity index (χ4n) is 3.08. The topological polar surface area (TPSA) is 61.9 Å². The summed E-state index contributed by atoms with van der Waals surface area (Å²) < 4.78 is 5.32. The minimum Gasteiger partial charge on any atom is -0.379 e. The van der Waals surface area contributed by atoms with Gasteiger partial charge in [-0.2, -0.15) is 0 Å². The molecule has 2 amide bonds. The SMILES string of the molecule is O=C(Nc1ccc(Cl)cc1Cl)C1CC(=O)N(CCN2CCOCC2)C1. The summed E-state index contributed by atoms with van der Waals surface area (Å²) in [5, 5.41) is 3.68. The molecule has 2 aliphatic rings. The van der Waals surface area contributed by atoms with E-state index in [2.05, 4.69) is 10.2 Å². The molecule has 0 spiro atoms. The monoisotopic (exact) mass is 385 g/mol. The number of morpholine rings is 1. The van der Waals surface area contributed by atoms with Gasteiger partial charge in [0, 0.05) is 44.2 Å². The van der Waals surface area contributed by atoms with E-state index < -0.39 is 0 Å². The molecule has 0 bridgehead atoms. The quantitative estimate of drug-likeness (QED) is 0.842. The summed E-state index contributed by atoms with van der Waals surface area (Å²) >= 11 is 11.9. The second-order valence-electron chi connectivity index (χ2n) is 6.31. The largest absolute Gasteiger partial charge is 0.379 e. The molecule has 2 fully saturated rings. The molecule has 0 aromatic heterocycles. The molecule has 1 aromatic rings. The van der Waals surface area contributed by atoms with Crippen LogP contribution < -0.4 is 5.32 Å². The van der Waals surface area contributed by atoms with Gasteiger partial charge in [0.15, 0.2) is 0 Å². The van der Waals surface area contributed by atoms with Crippen LogP contribution in [-0.4, -0.2) is 67.6 Å². The Balaban J connectivity index is 1.51. The zero-order valence-electron chi connectivity index (χ0n) is 13.8. The highest BCUT2D eigenvalue weighted by atomic mass is 35.5. The van der Waals surface area contributed by atoms with Crippen molar-refractivity contribution < 1.29 is 14.3 Å². The van der Waals surface area contributed by atoms with Gasteiger partial charge < -0.3 is 15.0 Å². The summed E-state index contributed by atoms with van der Waals surface area (Å²) in [6, 6.07) is 4.90. The first-order valence-corrected chi connectivity index (χ1v) is 9.12. The highest BCUT2D eigenvalue weighted by Crippen LogP contribution is 2.27. The van der Waals surface area contributed by atoms with Gasteiger partial charge in [-0.3, -0.25) is 14.5 Å². The Morgan fingerprint density at radius 3 is 2.72 bits per heavy atom. The van der Waals surface area contributed by atoms with E-state index in [0.717, 1.165) is 32.8 Å². The molecule has 136 valence electrons. The molecule has 25 heavy (non-hydrogen) atoms. The maximum Gasteiger partial charge on any atom is 0.229 e. The summed E-state index contributed by atoms with van der Waals surface area (Å²) in [4.78, 5) is 28.7. The molecule has 0 aliphatic carbocycles. The number of rotatable bonds is 5. The highest BCUT2D eigenvalue weighted by molar-refractivity contribution is 6.36. The van der Waals surface area contributed by atoms with E-state index in [1.165, 1.54) is 0 Å². The Kier molecular flexibility index (Phi) is 6.17. The number of nitrogens with zero attached hydrogens (tertiary/aromatic N) is 2. The van der Waals surface area contributed by atoms with Crippen molar-refractivity contribution in [3.8, 4) is 0 Å². The van der Waals surface area contributed by atoms with Crippen LogP contribution in [0.3, 0.4) is 0 Å². The molecule has 3 rings (SSSR count). The molecule has 1 atom stereocenters. The second kappa shape index (κ2) is 8.36. The third kappa shape index (κ3) is 4.85. The average Bonchev–Trinajstić information content (AvgIpc) is 2.97. The third-order valence-electron chi connectivity index (χ3n) is 4.56. The van der Waals surface area contributed by atoms with Crippen LogP contribution in [0.1, 0.15) is 6.42 Å². The van der Waals surface area contributed by atoms with Crippen molar-refractivity contribution in [1.29, 1.82) is 0 Å². The molecule has 0 radical (unpaired) electrons. The normalized spacial score (nSPS) is 21.6. The molecule has 2 saturated heterocycles. The van der Waals surface area contributed by atoms with Crippen LogP contribution in [0.25, 0.3) is 0 Å². The Hall–Kier alpha value is -1.34. The van der Waals surface area contributed by atoms with Crippen molar-refractivity contribution in [2.45, 2.75) is 6.42 Å². The third-order valence-corrected chi connectivity index (χ3v) is 5.11. The Morgan fingerprint density at radius 1 is 1.24 bits per heavy atom. The number of likely N-dealkylation sites (tertiary alicyclic amines) is 1. The lowest BCUT2D eigenvalue weighted by Crippen LogP contribution is -2.42. The first-order valence-electron chi connectivity index (χ1n) is 8.37. The number of anilines is 1. The van der Waals surface area contributed by atoms with Crippen LogP contribution in [0.2, 0.25) is 10.0 Å². The van der Waals surface area contributed by atoms with Crippen LogP contribution in [0, 0.1) is 5.92 Å². The second-order valence-corrected chi connectivity index (χ2v) is 7.15. The van der Waals surface area contributed by atoms with Gasteiger partial charge in [-0.25, -0.2) is 0 Å². The van der Waals surface area contributed by atoms with E-state index >= 15 is 0 Å². The molecular formula is C17H21Cl2N3O3. The van der Waals surface area contributed by atoms with E-state index in [-0.39, 0.29) is 24.2 Å². The molecule has 1 unspecified atom stereocenters. The van der Waals surface area contributed by atoms with E-state index in [1.54, 1.807) is 23.1 Å². The van der Waals surface area contributed by atoms with Crippen LogP contribution in [0.15, 0.2) is 18.2 Å². The maximum atomic E-state index is 12.4. The summed E-state index contributed by atoms with van der Waals surface area (Å²) in [6.45, 7) is 5.15. The lowest BCUT2D eigenvalue weighted by atomic mass is 10.1. The first kappa shape index (κ1) is 18.5. The van der Waals surface area contributed by atoms with Crippen LogP contribution in [0.5, 0.6) is 0 Å². The van der Waals surface area contributed by atoms with Gasteiger partial charge in [0.25, 0.3) is 0 Å². The van der Waals surface area contributed by atoms with Gasteiger partial charge in [-0.15, -0.1) is 0 Å². The van der Waals surface area contributed by atoms with Crippen LogP contribution in [0.4, 0.5) is 5.69 Å².